The van der Waals surface area contributed by atoms with Crippen LogP contribution >= 0.6 is 0 Å². The summed E-state index contributed by atoms with van der Waals surface area (Å²) in [5.74, 6) is 0. The van der Waals surface area contributed by atoms with Gasteiger partial charge in [0, 0.05) is 0 Å². The Morgan fingerprint density at radius 1 is 1.33 bits per heavy atom. The topological polar surface area (TPSA) is 21.3 Å². The van der Waals surface area contributed by atoms with E-state index in [2.05, 4.69) is 29.3 Å². The summed E-state index contributed by atoms with van der Waals surface area (Å²) >= 11 is 0. The van der Waals surface area contributed by atoms with Gasteiger partial charge in [-0.15, -0.1) is 0 Å². The Kier molecular flexibility index (Phi) is 4.50. The van der Waals surface area contributed by atoms with Crippen molar-refractivity contribution >= 4 is 7.41 Å². The first kappa shape index (κ1) is 9.29. The Balaban J connectivity index is 0.000000127. The van der Waals surface area contributed by atoms with E-state index in [1.807, 2.05) is 25.6 Å². The van der Waals surface area contributed by atoms with Gasteiger partial charge in [-0.1, -0.05) is 35.9 Å². The number of rotatable bonds is 0. The quantitative estimate of drug-likeness (QED) is 0.584. The summed E-state index contributed by atoms with van der Waals surface area (Å²) in [6, 6.07) is 10.3. The lowest BCUT2D eigenvalue weighted by Gasteiger charge is -1.82. The molecule has 1 N–H and O–H groups in total. The highest BCUT2D eigenvalue weighted by Gasteiger charge is 1.96. The fraction of sp³-hybridized carbons (Fsp3) is 0.333. The molecule has 1 radical (unpaired) electrons. The number of hydrogen-bond donors (Lipinski definition) is 1. The monoisotopic (exact) mass is 162 g/mol. The number of nitrogens with one attached hydrogen (secondary N) is 1. The second kappa shape index (κ2) is 5.80. The molecule has 0 amide bonds. The zero-order valence-electron chi connectivity index (χ0n) is 7.29. The Labute approximate surface area is 74.2 Å². The molecule has 0 unspecified atom stereocenters. The summed E-state index contributed by atoms with van der Waals surface area (Å²) < 4.78 is 0. The van der Waals surface area contributed by atoms with Crippen LogP contribution in [0.1, 0.15) is 5.56 Å². The Morgan fingerprint density at radius 3 is 2.33 bits per heavy atom. The van der Waals surface area contributed by atoms with Gasteiger partial charge < -0.3 is 4.84 Å². The maximum Gasteiger partial charge on any atom is 0.244 e. The van der Waals surface area contributed by atoms with Crippen molar-refractivity contribution in [2.45, 2.75) is 13.2 Å². The van der Waals surface area contributed by atoms with E-state index < -0.39 is 0 Å². The first-order valence-electron chi connectivity index (χ1n) is 4.10. The van der Waals surface area contributed by atoms with Crippen LogP contribution in [0.25, 0.3) is 0 Å². The van der Waals surface area contributed by atoms with E-state index in [0.29, 0.717) is 0 Å². The number of aryl methyl sites for hydroxylation is 1. The molecule has 2 rings (SSSR count). The molecule has 0 aromatic heterocycles. The van der Waals surface area contributed by atoms with Crippen LogP contribution in [0.5, 0.6) is 0 Å². The van der Waals surface area contributed by atoms with Gasteiger partial charge in [-0.25, -0.2) is 0 Å². The molecule has 3 heteroatoms. The van der Waals surface area contributed by atoms with Crippen LogP contribution < -0.4 is 5.39 Å². The van der Waals surface area contributed by atoms with E-state index in [1.54, 1.807) is 0 Å². The van der Waals surface area contributed by atoms with Gasteiger partial charge in [-0.05, 0) is 13.2 Å². The van der Waals surface area contributed by atoms with Gasteiger partial charge in [0.2, 0.25) is 7.41 Å². The molecular weight excluding hydrogens is 149 g/mol. The van der Waals surface area contributed by atoms with Gasteiger partial charge in [0.25, 0.3) is 0 Å². The van der Waals surface area contributed by atoms with Gasteiger partial charge in [0.05, 0.1) is 6.61 Å². The lowest BCUT2D eigenvalue weighted by Crippen LogP contribution is -2.05. The molecule has 0 spiro atoms. The van der Waals surface area contributed by atoms with E-state index >= 15 is 0 Å². The molecule has 1 heterocycles. The van der Waals surface area contributed by atoms with Gasteiger partial charge in [-0.3, -0.25) is 5.39 Å². The average molecular weight is 162 g/mol. The second-order valence-electron chi connectivity index (χ2n) is 2.61. The first-order valence-corrected chi connectivity index (χ1v) is 4.10. The minimum atomic E-state index is 0.833. The summed E-state index contributed by atoms with van der Waals surface area (Å²) in [6.45, 7) is 2.92. The van der Waals surface area contributed by atoms with E-state index in [0.717, 1.165) is 12.9 Å². The molecule has 0 bridgehead atoms. The van der Waals surface area contributed by atoms with Crippen molar-refractivity contribution in [3.63, 3.8) is 0 Å². The van der Waals surface area contributed by atoms with Gasteiger partial charge in [0.15, 0.2) is 0 Å². The third-order valence-corrected chi connectivity index (χ3v) is 1.47. The predicted octanol–water partition coefficient (Wildman–Crippen LogP) is 1.55. The minimum Gasteiger partial charge on any atom is -0.315 e. The second-order valence-corrected chi connectivity index (χ2v) is 2.61. The molecule has 63 valence electrons. The minimum absolute atomic E-state index is 0.833. The third kappa shape index (κ3) is 4.16. The maximum atomic E-state index is 4.64. The zero-order chi connectivity index (χ0) is 8.65. The summed E-state index contributed by atoms with van der Waals surface area (Å²) in [6.07, 6.45) is 1.04. The van der Waals surface area contributed by atoms with Crippen molar-refractivity contribution in [2.24, 2.45) is 0 Å². The Morgan fingerprint density at radius 2 is 2.08 bits per heavy atom. The molecular formula is C9H13BNO. The lowest BCUT2D eigenvalue weighted by molar-refractivity contribution is 0.128. The molecule has 0 aliphatic carbocycles. The molecule has 1 aliphatic rings. The standard InChI is InChI=1S/C7H8.C2H5BNO/c1-7-5-3-2-4-6-7;1-2-5-4-3-1/h2-6H,1H3;4H,1-2H2. The van der Waals surface area contributed by atoms with E-state index in [4.69, 9.17) is 0 Å². The van der Waals surface area contributed by atoms with E-state index in [-0.39, 0.29) is 0 Å². The predicted molar refractivity (Wildman–Crippen MR) is 50.8 cm³/mol. The molecule has 1 saturated heterocycles. The van der Waals surface area contributed by atoms with Crippen LogP contribution in [0.3, 0.4) is 0 Å². The maximum absolute atomic E-state index is 4.64. The summed E-state index contributed by atoms with van der Waals surface area (Å²) in [4.78, 5) is 4.64. The van der Waals surface area contributed by atoms with Gasteiger partial charge in [0.1, 0.15) is 0 Å². The lowest BCUT2D eigenvalue weighted by atomic mass is 9.94. The Bertz CT molecular complexity index is 191. The highest BCUT2D eigenvalue weighted by atomic mass is 16.6. The van der Waals surface area contributed by atoms with Crippen molar-refractivity contribution in [3.05, 3.63) is 35.9 Å². The number of benzene rings is 1. The largest absolute Gasteiger partial charge is 0.315 e. The van der Waals surface area contributed by atoms with Crippen LogP contribution in [0, 0.1) is 6.92 Å². The van der Waals surface area contributed by atoms with Crippen molar-refractivity contribution in [3.8, 4) is 0 Å². The molecule has 0 atom stereocenters. The van der Waals surface area contributed by atoms with Crippen LogP contribution in [0.4, 0.5) is 0 Å². The van der Waals surface area contributed by atoms with Crippen LogP contribution in [-0.2, 0) is 4.84 Å². The van der Waals surface area contributed by atoms with Gasteiger partial charge in [-0.2, -0.15) is 0 Å². The van der Waals surface area contributed by atoms with Crippen LogP contribution in [0.2, 0.25) is 6.32 Å². The van der Waals surface area contributed by atoms with Crippen molar-refractivity contribution in [1.29, 1.82) is 0 Å². The smallest absolute Gasteiger partial charge is 0.244 e. The third-order valence-electron chi connectivity index (χ3n) is 1.47. The fourth-order valence-electron chi connectivity index (χ4n) is 0.829. The normalized spacial score (nSPS) is 14.4. The van der Waals surface area contributed by atoms with Crippen molar-refractivity contribution in [1.82, 2.24) is 5.39 Å². The SMILES string of the molecule is Cc1ccccc1.[B]1CCON1. The molecule has 1 fully saturated rings. The van der Waals surface area contributed by atoms with E-state index in [1.165, 1.54) is 5.56 Å². The molecule has 12 heavy (non-hydrogen) atoms. The van der Waals surface area contributed by atoms with E-state index in [9.17, 15) is 0 Å². The first-order chi connectivity index (χ1) is 5.89. The molecule has 1 aromatic rings. The molecule has 0 saturated carbocycles. The van der Waals surface area contributed by atoms with Crippen LogP contribution in [0.15, 0.2) is 30.3 Å². The Hall–Kier alpha value is -0.795. The van der Waals surface area contributed by atoms with Crippen molar-refractivity contribution in [2.75, 3.05) is 6.61 Å². The highest BCUT2D eigenvalue weighted by molar-refractivity contribution is 6.32. The van der Waals surface area contributed by atoms with Gasteiger partial charge >= 0.3 is 0 Å². The summed E-state index contributed by atoms with van der Waals surface area (Å²) in [5, 5.41) is 2.60. The fourth-order valence-corrected chi connectivity index (χ4v) is 0.829. The highest BCUT2D eigenvalue weighted by Crippen LogP contribution is 1.92. The molecule has 1 aliphatic heterocycles. The van der Waals surface area contributed by atoms with Crippen molar-refractivity contribution < 1.29 is 4.84 Å². The summed E-state index contributed by atoms with van der Waals surface area (Å²) in [7, 11) is 1.89. The molecule has 1 aromatic carbocycles. The zero-order valence-corrected chi connectivity index (χ0v) is 7.29. The number of hydrogen-bond acceptors (Lipinski definition) is 2. The van der Waals surface area contributed by atoms with Crippen LogP contribution in [-0.4, -0.2) is 14.0 Å². The summed E-state index contributed by atoms with van der Waals surface area (Å²) in [5.41, 5.74) is 1.32. The average Bonchev–Trinajstić information content (AvgIpc) is 2.62. The molecule has 2 nitrogen and oxygen atoms in total.